The van der Waals surface area contributed by atoms with Crippen molar-refractivity contribution in [1.82, 2.24) is 10.6 Å². The number of aliphatic imine (C=N–C) groups is 1. The van der Waals surface area contributed by atoms with E-state index in [1.165, 1.54) is 10.1 Å². The summed E-state index contributed by atoms with van der Waals surface area (Å²) in [5.74, 6) is 0.785. The van der Waals surface area contributed by atoms with E-state index < -0.39 is 6.10 Å². The lowest BCUT2D eigenvalue weighted by atomic mass is 10.2. The standard InChI is InChI=1S/C14H17N3OS/c1-9-7-15-14(17-9)16-8-11(18)13-6-10-4-2-3-5-12(10)19-13/h2-6,9,11,18H,7-8H2,1H3,(H2,15,16,17). The summed E-state index contributed by atoms with van der Waals surface area (Å²) in [5.41, 5.74) is 0. The molecule has 2 aromatic rings. The number of benzene rings is 1. The Morgan fingerprint density at radius 1 is 1.53 bits per heavy atom. The maximum atomic E-state index is 10.2. The second-order valence-corrected chi connectivity index (χ2v) is 5.93. The van der Waals surface area contributed by atoms with Crippen LogP contribution in [0.5, 0.6) is 0 Å². The highest BCUT2D eigenvalue weighted by molar-refractivity contribution is 7.19. The minimum absolute atomic E-state index is 0.379. The quantitative estimate of drug-likeness (QED) is 0.801. The molecule has 0 aliphatic carbocycles. The lowest BCUT2D eigenvalue weighted by Gasteiger charge is -2.12. The molecule has 1 aliphatic rings. The average Bonchev–Trinajstić information content (AvgIpc) is 3.01. The topological polar surface area (TPSA) is 56.7 Å². The Balaban J connectivity index is 1.65. The Bertz CT molecular complexity index is 575. The molecule has 1 aliphatic heterocycles. The molecule has 100 valence electrons. The fraction of sp³-hybridized carbons (Fsp3) is 0.357. The molecule has 0 radical (unpaired) electrons. The van der Waals surface area contributed by atoms with Crippen LogP contribution in [0.2, 0.25) is 0 Å². The zero-order valence-corrected chi connectivity index (χ0v) is 11.6. The summed E-state index contributed by atoms with van der Waals surface area (Å²) in [7, 11) is 0. The number of rotatable bonds is 3. The molecule has 5 heteroatoms. The molecule has 1 aromatic carbocycles. The SMILES string of the molecule is CC1CN=C(NCC(O)c2cc3ccccc3s2)N1. The lowest BCUT2D eigenvalue weighted by Crippen LogP contribution is -2.39. The van der Waals surface area contributed by atoms with E-state index in [0.29, 0.717) is 12.6 Å². The van der Waals surface area contributed by atoms with Crippen molar-refractivity contribution in [2.24, 2.45) is 4.99 Å². The molecule has 0 spiro atoms. The van der Waals surface area contributed by atoms with Crippen LogP contribution in [-0.4, -0.2) is 30.2 Å². The minimum atomic E-state index is -0.502. The molecule has 2 unspecified atom stereocenters. The third kappa shape index (κ3) is 2.72. The van der Waals surface area contributed by atoms with Gasteiger partial charge in [0.25, 0.3) is 0 Å². The molecule has 1 aromatic heterocycles. The highest BCUT2D eigenvalue weighted by Crippen LogP contribution is 2.29. The lowest BCUT2D eigenvalue weighted by molar-refractivity contribution is 0.185. The first kappa shape index (κ1) is 12.4. The van der Waals surface area contributed by atoms with Gasteiger partial charge in [0.2, 0.25) is 0 Å². The molecule has 0 amide bonds. The van der Waals surface area contributed by atoms with Crippen LogP contribution in [0.25, 0.3) is 10.1 Å². The summed E-state index contributed by atoms with van der Waals surface area (Å²) < 4.78 is 1.21. The zero-order chi connectivity index (χ0) is 13.2. The van der Waals surface area contributed by atoms with Crippen LogP contribution in [0.4, 0.5) is 0 Å². The van der Waals surface area contributed by atoms with E-state index in [0.717, 1.165) is 17.4 Å². The third-order valence-corrected chi connectivity index (χ3v) is 4.36. The predicted molar refractivity (Wildman–Crippen MR) is 79.7 cm³/mol. The highest BCUT2D eigenvalue weighted by atomic mass is 32.1. The largest absolute Gasteiger partial charge is 0.386 e. The molecule has 2 atom stereocenters. The summed E-state index contributed by atoms with van der Waals surface area (Å²) in [5, 5.41) is 17.8. The van der Waals surface area contributed by atoms with Crippen LogP contribution < -0.4 is 10.6 Å². The van der Waals surface area contributed by atoms with Crippen molar-refractivity contribution in [3.8, 4) is 0 Å². The molecular weight excluding hydrogens is 258 g/mol. The molecular formula is C14H17N3OS. The van der Waals surface area contributed by atoms with E-state index in [9.17, 15) is 5.11 Å². The maximum absolute atomic E-state index is 10.2. The molecule has 0 bridgehead atoms. The average molecular weight is 275 g/mol. The Morgan fingerprint density at radius 3 is 3.11 bits per heavy atom. The number of guanidine groups is 1. The molecule has 3 N–H and O–H groups in total. The van der Waals surface area contributed by atoms with Gasteiger partial charge in [-0.3, -0.25) is 4.99 Å². The first-order chi connectivity index (χ1) is 9.22. The van der Waals surface area contributed by atoms with E-state index in [1.54, 1.807) is 11.3 Å². The Morgan fingerprint density at radius 2 is 2.37 bits per heavy atom. The van der Waals surface area contributed by atoms with Crippen molar-refractivity contribution in [2.45, 2.75) is 19.1 Å². The van der Waals surface area contributed by atoms with Crippen LogP contribution >= 0.6 is 11.3 Å². The van der Waals surface area contributed by atoms with Gasteiger partial charge in [-0.2, -0.15) is 0 Å². The normalized spacial score (nSPS) is 20.1. The molecule has 2 heterocycles. The first-order valence-corrected chi connectivity index (χ1v) is 7.25. The maximum Gasteiger partial charge on any atom is 0.191 e. The summed E-state index contributed by atoms with van der Waals surface area (Å²) in [6, 6.07) is 10.6. The number of nitrogens with zero attached hydrogens (tertiary/aromatic N) is 1. The Hall–Kier alpha value is -1.59. The van der Waals surface area contributed by atoms with Crippen LogP contribution in [0, 0.1) is 0 Å². The second-order valence-electron chi connectivity index (χ2n) is 4.82. The monoisotopic (exact) mass is 275 g/mol. The van der Waals surface area contributed by atoms with E-state index in [1.807, 2.05) is 12.1 Å². The van der Waals surface area contributed by atoms with E-state index in [2.05, 4.69) is 40.7 Å². The zero-order valence-electron chi connectivity index (χ0n) is 10.8. The van der Waals surface area contributed by atoms with Gasteiger partial charge in [0.05, 0.1) is 6.54 Å². The first-order valence-electron chi connectivity index (χ1n) is 6.44. The van der Waals surface area contributed by atoms with Gasteiger partial charge in [-0.05, 0) is 24.4 Å². The van der Waals surface area contributed by atoms with E-state index >= 15 is 0 Å². The van der Waals surface area contributed by atoms with Gasteiger partial charge in [-0.15, -0.1) is 11.3 Å². The number of fused-ring (bicyclic) bond motifs is 1. The fourth-order valence-electron chi connectivity index (χ4n) is 2.12. The summed E-state index contributed by atoms with van der Waals surface area (Å²) in [4.78, 5) is 5.30. The molecule has 0 saturated carbocycles. The number of nitrogens with one attached hydrogen (secondary N) is 2. The van der Waals surface area contributed by atoms with E-state index in [4.69, 9.17) is 0 Å². The van der Waals surface area contributed by atoms with Gasteiger partial charge in [-0.1, -0.05) is 18.2 Å². The molecule has 0 fully saturated rings. The third-order valence-electron chi connectivity index (χ3n) is 3.14. The van der Waals surface area contributed by atoms with Crippen molar-refractivity contribution >= 4 is 27.4 Å². The van der Waals surface area contributed by atoms with E-state index in [-0.39, 0.29) is 0 Å². The van der Waals surface area contributed by atoms with Gasteiger partial charge in [0, 0.05) is 22.2 Å². The number of thiophene rings is 1. The van der Waals surface area contributed by atoms with Crippen molar-refractivity contribution in [2.75, 3.05) is 13.1 Å². The highest BCUT2D eigenvalue weighted by Gasteiger charge is 2.15. The van der Waals surface area contributed by atoms with Crippen LogP contribution in [0.15, 0.2) is 35.3 Å². The Kier molecular flexibility index (Phi) is 3.40. The van der Waals surface area contributed by atoms with Crippen molar-refractivity contribution in [1.29, 1.82) is 0 Å². The number of aliphatic hydroxyl groups is 1. The van der Waals surface area contributed by atoms with Gasteiger partial charge >= 0.3 is 0 Å². The fourth-order valence-corrected chi connectivity index (χ4v) is 3.17. The molecule has 19 heavy (non-hydrogen) atoms. The van der Waals surface area contributed by atoms with Crippen LogP contribution in [0.1, 0.15) is 17.9 Å². The van der Waals surface area contributed by atoms with Crippen molar-refractivity contribution in [3.63, 3.8) is 0 Å². The van der Waals surface area contributed by atoms with Gasteiger partial charge in [-0.25, -0.2) is 0 Å². The number of hydrogen-bond donors (Lipinski definition) is 3. The van der Waals surface area contributed by atoms with Crippen LogP contribution in [-0.2, 0) is 0 Å². The number of hydrogen-bond acceptors (Lipinski definition) is 5. The van der Waals surface area contributed by atoms with Gasteiger partial charge < -0.3 is 15.7 Å². The van der Waals surface area contributed by atoms with Crippen LogP contribution in [0.3, 0.4) is 0 Å². The second kappa shape index (κ2) is 5.19. The summed E-state index contributed by atoms with van der Waals surface area (Å²) >= 11 is 1.64. The summed E-state index contributed by atoms with van der Waals surface area (Å²) in [6.07, 6.45) is -0.502. The molecule has 3 rings (SSSR count). The minimum Gasteiger partial charge on any atom is -0.386 e. The summed E-state index contributed by atoms with van der Waals surface area (Å²) in [6.45, 7) is 3.35. The van der Waals surface area contributed by atoms with Crippen molar-refractivity contribution < 1.29 is 5.11 Å². The smallest absolute Gasteiger partial charge is 0.191 e. The molecule has 0 saturated heterocycles. The van der Waals surface area contributed by atoms with Gasteiger partial charge in [0.1, 0.15) is 6.10 Å². The number of aliphatic hydroxyl groups excluding tert-OH is 1. The van der Waals surface area contributed by atoms with Gasteiger partial charge in [0.15, 0.2) is 5.96 Å². The Labute approximate surface area is 116 Å². The predicted octanol–water partition coefficient (Wildman–Crippen LogP) is 1.87. The molecule has 4 nitrogen and oxygen atoms in total. The van der Waals surface area contributed by atoms with Crippen molar-refractivity contribution in [3.05, 3.63) is 35.2 Å².